The summed E-state index contributed by atoms with van der Waals surface area (Å²) in [6.45, 7) is 3.22. The van der Waals surface area contributed by atoms with Crippen LogP contribution in [0.4, 0.5) is 0 Å². The Morgan fingerprint density at radius 1 is 1.56 bits per heavy atom. The number of esters is 1. The van der Waals surface area contributed by atoms with Crippen molar-refractivity contribution in [2.75, 3.05) is 14.1 Å². The summed E-state index contributed by atoms with van der Waals surface area (Å²) in [7, 11) is 3.71. The van der Waals surface area contributed by atoms with Crippen LogP contribution in [0.25, 0.3) is 0 Å². The number of nitrogens with zero attached hydrogens (tertiary/aromatic N) is 1. The highest BCUT2D eigenvalue weighted by molar-refractivity contribution is 5.66. The Kier molecular flexibility index (Phi) is 3.24. The molecule has 54 valence electrons. The highest BCUT2D eigenvalue weighted by Crippen LogP contribution is 1.92. The fraction of sp³-hybridized carbons (Fsp3) is 0.833. The van der Waals surface area contributed by atoms with Crippen LogP contribution in [0.3, 0.4) is 0 Å². The van der Waals surface area contributed by atoms with E-state index < -0.39 is 0 Å². The SMILES string of the molecule is CC(=O)OC(C)N(C)C. The molecule has 0 saturated carbocycles. The zero-order chi connectivity index (χ0) is 7.44. The second-order valence-electron chi connectivity index (χ2n) is 2.17. The Hall–Kier alpha value is -0.570. The van der Waals surface area contributed by atoms with E-state index >= 15 is 0 Å². The van der Waals surface area contributed by atoms with Gasteiger partial charge in [-0.25, -0.2) is 0 Å². The molecule has 0 bridgehead atoms. The quantitative estimate of drug-likeness (QED) is 0.402. The molecule has 1 unspecified atom stereocenters. The van der Waals surface area contributed by atoms with Crippen LogP contribution in [0.1, 0.15) is 13.8 Å². The summed E-state index contributed by atoms with van der Waals surface area (Å²) in [6.07, 6.45) is -0.123. The Morgan fingerprint density at radius 2 is 2.00 bits per heavy atom. The van der Waals surface area contributed by atoms with Crippen molar-refractivity contribution in [2.45, 2.75) is 20.1 Å². The lowest BCUT2D eigenvalue weighted by Crippen LogP contribution is -2.28. The fourth-order valence-electron chi connectivity index (χ4n) is 0.346. The molecule has 0 fully saturated rings. The highest BCUT2D eigenvalue weighted by atomic mass is 16.6. The van der Waals surface area contributed by atoms with Gasteiger partial charge in [-0.2, -0.15) is 0 Å². The molecule has 1 atom stereocenters. The molecule has 0 aromatic heterocycles. The van der Waals surface area contributed by atoms with E-state index in [0.29, 0.717) is 0 Å². The fourth-order valence-corrected chi connectivity index (χ4v) is 0.346. The molecule has 0 aromatic carbocycles. The lowest BCUT2D eigenvalue weighted by atomic mass is 10.6. The molecule has 0 radical (unpaired) electrons. The van der Waals surface area contributed by atoms with Gasteiger partial charge in [0.05, 0.1) is 0 Å². The van der Waals surface area contributed by atoms with Gasteiger partial charge in [0.2, 0.25) is 0 Å². The molecular weight excluding hydrogens is 118 g/mol. The lowest BCUT2D eigenvalue weighted by molar-refractivity contribution is -0.152. The van der Waals surface area contributed by atoms with Crippen LogP contribution < -0.4 is 0 Å². The van der Waals surface area contributed by atoms with Crippen molar-refractivity contribution in [1.29, 1.82) is 0 Å². The van der Waals surface area contributed by atoms with Gasteiger partial charge in [-0.05, 0) is 21.0 Å². The largest absolute Gasteiger partial charge is 0.447 e. The molecule has 0 saturated heterocycles. The van der Waals surface area contributed by atoms with E-state index in [1.165, 1.54) is 6.92 Å². The number of hydrogen-bond acceptors (Lipinski definition) is 3. The average molecular weight is 131 g/mol. The third-order valence-corrected chi connectivity index (χ3v) is 1.06. The average Bonchev–Trinajstić information content (AvgIpc) is 1.63. The van der Waals surface area contributed by atoms with Gasteiger partial charge in [0, 0.05) is 6.92 Å². The Bertz CT molecular complexity index is 101. The van der Waals surface area contributed by atoms with Gasteiger partial charge in [0.15, 0.2) is 6.23 Å². The molecule has 0 N–H and O–H groups in total. The van der Waals surface area contributed by atoms with Crippen molar-refractivity contribution in [3.05, 3.63) is 0 Å². The summed E-state index contributed by atoms with van der Waals surface area (Å²) in [5.41, 5.74) is 0. The third-order valence-electron chi connectivity index (χ3n) is 1.06. The molecule has 0 aliphatic heterocycles. The van der Waals surface area contributed by atoms with E-state index in [0.717, 1.165) is 0 Å². The zero-order valence-corrected chi connectivity index (χ0v) is 6.34. The zero-order valence-electron chi connectivity index (χ0n) is 6.34. The van der Waals surface area contributed by atoms with Gasteiger partial charge in [0.1, 0.15) is 0 Å². The second-order valence-corrected chi connectivity index (χ2v) is 2.17. The monoisotopic (exact) mass is 131 g/mol. The molecule has 0 amide bonds. The first kappa shape index (κ1) is 8.43. The number of carbonyl (C=O) groups is 1. The van der Waals surface area contributed by atoms with Gasteiger partial charge < -0.3 is 4.74 Å². The van der Waals surface area contributed by atoms with Gasteiger partial charge in [-0.1, -0.05) is 0 Å². The maximum Gasteiger partial charge on any atom is 0.304 e. The minimum absolute atomic E-state index is 0.123. The maximum atomic E-state index is 10.3. The lowest BCUT2D eigenvalue weighted by Gasteiger charge is -2.18. The van der Waals surface area contributed by atoms with Crippen molar-refractivity contribution in [2.24, 2.45) is 0 Å². The highest BCUT2D eigenvalue weighted by Gasteiger charge is 2.05. The van der Waals surface area contributed by atoms with Crippen molar-refractivity contribution < 1.29 is 9.53 Å². The third kappa shape index (κ3) is 3.97. The number of rotatable bonds is 2. The first-order valence-corrected chi connectivity index (χ1v) is 2.87. The standard InChI is InChI=1S/C6H13NO2/c1-5(7(3)4)9-6(2)8/h5H,1-4H3. The van der Waals surface area contributed by atoms with Crippen LogP contribution in [0.2, 0.25) is 0 Å². The molecule has 0 aliphatic rings. The first-order valence-electron chi connectivity index (χ1n) is 2.87. The van der Waals surface area contributed by atoms with Gasteiger partial charge in [-0.15, -0.1) is 0 Å². The minimum atomic E-state index is -0.240. The smallest absolute Gasteiger partial charge is 0.304 e. The van der Waals surface area contributed by atoms with Crippen molar-refractivity contribution in [1.82, 2.24) is 4.90 Å². The van der Waals surface area contributed by atoms with E-state index in [9.17, 15) is 4.79 Å². The van der Waals surface area contributed by atoms with Crippen molar-refractivity contribution in [3.8, 4) is 0 Å². The van der Waals surface area contributed by atoms with E-state index in [2.05, 4.69) is 0 Å². The minimum Gasteiger partial charge on any atom is -0.447 e. The van der Waals surface area contributed by atoms with Crippen LogP contribution in [0, 0.1) is 0 Å². The van der Waals surface area contributed by atoms with Crippen molar-refractivity contribution >= 4 is 5.97 Å². The molecule has 3 nitrogen and oxygen atoms in total. The number of ether oxygens (including phenoxy) is 1. The summed E-state index contributed by atoms with van der Waals surface area (Å²) >= 11 is 0. The normalized spacial score (nSPS) is 13.4. The Balaban J connectivity index is 3.50. The van der Waals surface area contributed by atoms with Gasteiger partial charge in [-0.3, -0.25) is 9.69 Å². The molecule has 0 aromatic rings. The van der Waals surface area contributed by atoms with E-state index in [4.69, 9.17) is 4.74 Å². The van der Waals surface area contributed by atoms with Crippen molar-refractivity contribution in [3.63, 3.8) is 0 Å². The summed E-state index contributed by atoms with van der Waals surface area (Å²) < 4.78 is 4.80. The van der Waals surface area contributed by atoms with Gasteiger partial charge >= 0.3 is 5.97 Å². The number of carbonyl (C=O) groups excluding carboxylic acids is 1. The van der Waals surface area contributed by atoms with Crippen LogP contribution in [0.15, 0.2) is 0 Å². The molecule has 0 heterocycles. The first-order chi connectivity index (χ1) is 4.04. The molecule has 0 rings (SSSR count). The van der Waals surface area contributed by atoms with Crippen LogP contribution in [-0.2, 0) is 9.53 Å². The summed E-state index contributed by atoms with van der Waals surface area (Å²) in [6, 6.07) is 0. The molecule has 0 aliphatic carbocycles. The van der Waals surface area contributed by atoms with Crippen LogP contribution in [0.5, 0.6) is 0 Å². The molecular formula is C6H13NO2. The van der Waals surface area contributed by atoms with Crippen LogP contribution in [-0.4, -0.2) is 31.2 Å². The van der Waals surface area contributed by atoms with Gasteiger partial charge in [0.25, 0.3) is 0 Å². The molecule has 0 spiro atoms. The molecule has 9 heavy (non-hydrogen) atoms. The van der Waals surface area contributed by atoms with Crippen LogP contribution >= 0.6 is 0 Å². The summed E-state index contributed by atoms with van der Waals surface area (Å²) in [5, 5.41) is 0. The summed E-state index contributed by atoms with van der Waals surface area (Å²) in [4.78, 5) is 12.1. The number of hydrogen-bond donors (Lipinski definition) is 0. The Labute approximate surface area is 55.6 Å². The predicted octanol–water partition coefficient (Wildman–Crippen LogP) is 0.457. The second kappa shape index (κ2) is 3.45. The van der Waals surface area contributed by atoms with E-state index in [-0.39, 0.29) is 12.2 Å². The molecule has 3 heteroatoms. The van der Waals surface area contributed by atoms with E-state index in [1.807, 2.05) is 25.9 Å². The maximum absolute atomic E-state index is 10.3. The summed E-state index contributed by atoms with van der Waals surface area (Å²) in [5.74, 6) is -0.240. The Morgan fingerprint density at radius 3 is 2.11 bits per heavy atom. The predicted molar refractivity (Wildman–Crippen MR) is 34.9 cm³/mol. The van der Waals surface area contributed by atoms with E-state index in [1.54, 1.807) is 0 Å². The topological polar surface area (TPSA) is 29.5 Å².